The van der Waals surface area contributed by atoms with Crippen LogP contribution in [0.25, 0.3) is 0 Å². The first-order valence-corrected chi connectivity index (χ1v) is 6.86. The maximum absolute atomic E-state index is 12.1. The van der Waals surface area contributed by atoms with Gasteiger partial charge in [0.2, 0.25) is 0 Å². The predicted octanol–water partition coefficient (Wildman–Crippen LogP) is 0.349. The van der Waals surface area contributed by atoms with Gasteiger partial charge in [-0.2, -0.15) is 0 Å². The van der Waals surface area contributed by atoms with E-state index >= 15 is 0 Å². The fourth-order valence-corrected chi connectivity index (χ4v) is 2.66. The van der Waals surface area contributed by atoms with Gasteiger partial charge in [0.25, 0.3) is 0 Å². The third-order valence-electron chi connectivity index (χ3n) is 3.96. The second-order valence-corrected chi connectivity index (χ2v) is 5.60. The molecule has 1 aromatic rings. The molecule has 2 rings (SSSR count). The van der Waals surface area contributed by atoms with E-state index in [2.05, 4.69) is 0 Å². The van der Waals surface area contributed by atoms with Crippen LogP contribution in [0.15, 0.2) is 18.2 Å². The van der Waals surface area contributed by atoms with Crippen molar-refractivity contribution >= 4 is 5.97 Å². The van der Waals surface area contributed by atoms with E-state index in [1.54, 1.807) is 26.0 Å². The molecule has 0 spiro atoms. The summed E-state index contributed by atoms with van der Waals surface area (Å²) in [5.74, 6) is -1.36. The van der Waals surface area contributed by atoms with Crippen LogP contribution in [0, 0.1) is 12.8 Å². The van der Waals surface area contributed by atoms with Crippen molar-refractivity contribution in [3.8, 4) is 5.75 Å². The molecular weight excluding hydrogens is 276 g/mol. The van der Waals surface area contributed by atoms with Crippen LogP contribution in [0.2, 0.25) is 0 Å². The largest absolute Gasteiger partial charge is 0.507 e. The molecule has 4 N–H and O–H groups in total. The van der Waals surface area contributed by atoms with Crippen molar-refractivity contribution in [1.29, 1.82) is 0 Å². The van der Waals surface area contributed by atoms with E-state index in [0.717, 1.165) is 0 Å². The van der Waals surface area contributed by atoms with Crippen LogP contribution in [0.1, 0.15) is 29.3 Å². The van der Waals surface area contributed by atoms with Crippen LogP contribution in [-0.2, 0) is 4.74 Å². The number of hydrogen-bond acceptors (Lipinski definition) is 6. The summed E-state index contributed by atoms with van der Waals surface area (Å²) < 4.78 is 5.12. The molecule has 0 saturated heterocycles. The quantitative estimate of drug-likeness (QED) is 0.587. The van der Waals surface area contributed by atoms with Crippen LogP contribution in [0.5, 0.6) is 5.75 Å². The number of aliphatic hydroxyl groups excluding tert-OH is 3. The summed E-state index contributed by atoms with van der Waals surface area (Å²) in [5.41, 5.74) is 0.513. The normalized spacial score (nSPS) is 32.7. The molecule has 1 aliphatic carbocycles. The Labute approximate surface area is 122 Å². The number of rotatable bonds is 2. The average Bonchev–Trinajstić information content (AvgIpc) is 2.41. The van der Waals surface area contributed by atoms with E-state index in [4.69, 9.17) is 4.74 Å². The van der Waals surface area contributed by atoms with Gasteiger partial charge in [0.15, 0.2) is 6.10 Å². The topological polar surface area (TPSA) is 107 Å². The lowest BCUT2D eigenvalue weighted by molar-refractivity contribution is -0.157. The Hall–Kier alpha value is -1.63. The highest BCUT2D eigenvalue weighted by Gasteiger charge is 2.43. The summed E-state index contributed by atoms with van der Waals surface area (Å²) in [6.07, 6.45) is -4.50. The van der Waals surface area contributed by atoms with E-state index < -0.39 is 30.4 Å². The van der Waals surface area contributed by atoms with Crippen molar-refractivity contribution in [2.24, 2.45) is 5.92 Å². The number of ether oxygens (including phenoxy) is 1. The van der Waals surface area contributed by atoms with Crippen molar-refractivity contribution < 1.29 is 30.0 Å². The predicted molar refractivity (Wildman–Crippen MR) is 73.8 cm³/mol. The first-order chi connectivity index (χ1) is 9.82. The summed E-state index contributed by atoms with van der Waals surface area (Å²) >= 11 is 0. The van der Waals surface area contributed by atoms with Crippen LogP contribution in [0.4, 0.5) is 0 Å². The van der Waals surface area contributed by atoms with Gasteiger partial charge < -0.3 is 25.2 Å². The number of hydrogen-bond donors (Lipinski definition) is 4. The van der Waals surface area contributed by atoms with E-state index in [1.165, 1.54) is 6.07 Å². The maximum Gasteiger partial charge on any atom is 0.342 e. The highest BCUT2D eigenvalue weighted by molar-refractivity contribution is 5.94. The standard InChI is InChI=1S/C15H20O6/c1-7-4-3-5-9(16)11(7)15(20)21-14-10(17)6-8(2)12(18)13(14)19/h3-5,8,10,12-14,16-19H,6H2,1-2H3/t8-,10-,12-,13+,14+/m0/s1. The summed E-state index contributed by atoms with van der Waals surface area (Å²) in [6.45, 7) is 3.34. The molecule has 6 heteroatoms. The molecule has 0 unspecified atom stereocenters. The van der Waals surface area contributed by atoms with Crippen molar-refractivity contribution in [3.63, 3.8) is 0 Å². The van der Waals surface area contributed by atoms with Gasteiger partial charge in [0, 0.05) is 0 Å². The van der Waals surface area contributed by atoms with Gasteiger partial charge in [-0.15, -0.1) is 0 Å². The summed E-state index contributed by atoms with van der Waals surface area (Å²) in [5, 5.41) is 39.5. The van der Waals surface area contributed by atoms with E-state index in [9.17, 15) is 25.2 Å². The zero-order chi connectivity index (χ0) is 15.7. The van der Waals surface area contributed by atoms with Crippen molar-refractivity contribution in [1.82, 2.24) is 0 Å². The molecule has 6 nitrogen and oxygen atoms in total. The van der Waals surface area contributed by atoms with Crippen molar-refractivity contribution in [2.45, 2.75) is 44.7 Å². The number of aryl methyl sites for hydroxylation is 1. The number of benzene rings is 1. The van der Waals surface area contributed by atoms with E-state index in [0.29, 0.717) is 5.56 Å². The third kappa shape index (κ3) is 3.02. The van der Waals surface area contributed by atoms with Crippen molar-refractivity contribution in [2.75, 3.05) is 0 Å². The number of aliphatic hydroxyl groups is 3. The number of aromatic hydroxyl groups is 1. The van der Waals surface area contributed by atoms with Crippen LogP contribution in [0.3, 0.4) is 0 Å². The Morgan fingerprint density at radius 2 is 1.90 bits per heavy atom. The molecule has 116 valence electrons. The molecule has 0 heterocycles. The Bertz CT molecular complexity index is 509. The molecule has 1 fully saturated rings. The molecule has 0 amide bonds. The highest BCUT2D eigenvalue weighted by atomic mass is 16.6. The van der Waals surface area contributed by atoms with Gasteiger partial charge in [-0.1, -0.05) is 19.1 Å². The zero-order valence-corrected chi connectivity index (χ0v) is 11.9. The molecule has 1 aromatic carbocycles. The molecule has 21 heavy (non-hydrogen) atoms. The first-order valence-electron chi connectivity index (χ1n) is 6.86. The third-order valence-corrected chi connectivity index (χ3v) is 3.96. The number of phenolic OH excluding ortho intramolecular Hbond substituents is 1. The lowest BCUT2D eigenvalue weighted by atomic mass is 9.82. The fourth-order valence-electron chi connectivity index (χ4n) is 2.66. The number of carbonyl (C=O) groups excluding carboxylic acids is 1. The molecule has 0 aliphatic heterocycles. The fraction of sp³-hybridized carbons (Fsp3) is 0.533. The molecule has 1 aliphatic rings. The van der Waals surface area contributed by atoms with Gasteiger partial charge in [0.05, 0.1) is 12.2 Å². The molecule has 0 radical (unpaired) electrons. The average molecular weight is 296 g/mol. The van der Waals surface area contributed by atoms with Gasteiger partial charge in [-0.3, -0.25) is 0 Å². The smallest absolute Gasteiger partial charge is 0.342 e. The molecule has 5 atom stereocenters. The van der Waals surface area contributed by atoms with Gasteiger partial charge >= 0.3 is 5.97 Å². The van der Waals surface area contributed by atoms with Crippen LogP contribution in [-0.4, -0.2) is 50.8 Å². The number of esters is 1. The molecule has 0 aromatic heterocycles. The second-order valence-electron chi connectivity index (χ2n) is 5.60. The van der Waals surface area contributed by atoms with Crippen molar-refractivity contribution in [3.05, 3.63) is 29.3 Å². The van der Waals surface area contributed by atoms with Gasteiger partial charge in [-0.05, 0) is 30.9 Å². The summed E-state index contributed by atoms with van der Waals surface area (Å²) in [7, 11) is 0. The minimum Gasteiger partial charge on any atom is -0.507 e. The Morgan fingerprint density at radius 3 is 2.52 bits per heavy atom. The highest BCUT2D eigenvalue weighted by Crippen LogP contribution is 2.29. The molecule has 1 saturated carbocycles. The lowest BCUT2D eigenvalue weighted by Crippen LogP contribution is -2.54. The number of carbonyl (C=O) groups is 1. The monoisotopic (exact) mass is 296 g/mol. The second kappa shape index (κ2) is 6.01. The summed E-state index contributed by atoms with van der Waals surface area (Å²) in [4.78, 5) is 12.1. The first kappa shape index (κ1) is 15.8. The molecular formula is C15H20O6. The van der Waals surface area contributed by atoms with Crippen LogP contribution < -0.4 is 0 Å². The Kier molecular flexibility index (Phi) is 4.51. The van der Waals surface area contributed by atoms with E-state index in [-0.39, 0.29) is 23.7 Å². The Morgan fingerprint density at radius 1 is 1.24 bits per heavy atom. The minimum atomic E-state index is -1.36. The van der Waals surface area contributed by atoms with Crippen LogP contribution >= 0.6 is 0 Å². The van der Waals surface area contributed by atoms with Gasteiger partial charge in [-0.25, -0.2) is 4.79 Å². The SMILES string of the molecule is Cc1cccc(O)c1C(=O)O[C@H]1[C@H](O)[C@@H](O)[C@@H](C)C[C@@H]1O. The number of phenols is 1. The molecule has 0 bridgehead atoms. The lowest BCUT2D eigenvalue weighted by Gasteiger charge is -2.38. The minimum absolute atomic E-state index is 0.00925. The Balaban J connectivity index is 2.19. The summed E-state index contributed by atoms with van der Waals surface area (Å²) in [6, 6.07) is 4.59. The van der Waals surface area contributed by atoms with E-state index in [1.807, 2.05) is 0 Å². The zero-order valence-electron chi connectivity index (χ0n) is 11.9. The van der Waals surface area contributed by atoms with Gasteiger partial charge in [0.1, 0.15) is 17.4 Å². The maximum atomic E-state index is 12.1.